The molecule has 2 aromatic heterocycles. The molecule has 0 aromatic carbocycles. The third-order valence-corrected chi connectivity index (χ3v) is 3.18. The fourth-order valence-electron chi connectivity index (χ4n) is 1.42. The van der Waals surface area contributed by atoms with Gasteiger partial charge >= 0.3 is 0 Å². The molecule has 0 radical (unpaired) electrons. The van der Waals surface area contributed by atoms with Crippen LogP contribution in [0.2, 0.25) is 0 Å². The van der Waals surface area contributed by atoms with E-state index in [0.717, 1.165) is 12.2 Å². The molecule has 1 unspecified atom stereocenters. The van der Waals surface area contributed by atoms with E-state index in [4.69, 9.17) is 0 Å². The summed E-state index contributed by atoms with van der Waals surface area (Å²) in [6, 6.07) is 6.45. The Kier molecular flexibility index (Phi) is 3.29. The first-order chi connectivity index (χ1) is 7.40. The van der Waals surface area contributed by atoms with Crippen LogP contribution < -0.4 is 5.32 Å². The van der Waals surface area contributed by atoms with E-state index in [2.05, 4.69) is 39.7 Å². The normalized spacial score (nSPS) is 12.3. The molecular formula is C11H13N3S. The maximum atomic E-state index is 4.16. The van der Waals surface area contributed by atoms with Crippen molar-refractivity contribution in [2.45, 2.75) is 19.4 Å². The summed E-state index contributed by atoms with van der Waals surface area (Å²) in [5.74, 6) is 0.880. The number of anilines is 1. The summed E-state index contributed by atoms with van der Waals surface area (Å²) < 4.78 is 0. The Morgan fingerprint density at radius 3 is 3.00 bits per heavy atom. The number of nitrogens with one attached hydrogen (secondary N) is 1. The molecule has 1 N–H and O–H groups in total. The van der Waals surface area contributed by atoms with Crippen molar-refractivity contribution in [2.75, 3.05) is 5.32 Å². The summed E-state index contributed by atoms with van der Waals surface area (Å²) in [5, 5.41) is 5.49. The van der Waals surface area contributed by atoms with Gasteiger partial charge in [-0.2, -0.15) is 0 Å². The number of nitrogens with zero attached hydrogens (tertiary/aromatic N) is 2. The molecule has 1 atom stereocenters. The highest BCUT2D eigenvalue weighted by Crippen LogP contribution is 2.24. The maximum Gasteiger partial charge on any atom is 0.129 e. The first-order valence-corrected chi connectivity index (χ1v) is 5.84. The molecule has 4 heteroatoms. The minimum atomic E-state index is 0.347. The summed E-state index contributed by atoms with van der Waals surface area (Å²) in [6.07, 6.45) is 4.35. The summed E-state index contributed by atoms with van der Waals surface area (Å²) in [4.78, 5) is 9.40. The zero-order chi connectivity index (χ0) is 10.5. The van der Waals surface area contributed by atoms with Gasteiger partial charge in [-0.25, -0.2) is 9.97 Å². The van der Waals surface area contributed by atoms with Crippen LogP contribution in [-0.4, -0.2) is 9.97 Å². The van der Waals surface area contributed by atoms with E-state index in [9.17, 15) is 0 Å². The molecule has 3 nitrogen and oxygen atoms in total. The van der Waals surface area contributed by atoms with E-state index in [1.165, 1.54) is 4.88 Å². The Hall–Kier alpha value is -1.42. The lowest BCUT2D eigenvalue weighted by Gasteiger charge is -2.15. The molecule has 2 aromatic rings. The van der Waals surface area contributed by atoms with Crippen molar-refractivity contribution in [3.63, 3.8) is 0 Å². The smallest absolute Gasteiger partial charge is 0.129 e. The van der Waals surface area contributed by atoms with E-state index in [-0.39, 0.29) is 0 Å². The molecule has 0 amide bonds. The van der Waals surface area contributed by atoms with Gasteiger partial charge in [0, 0.05) is 11.1 Å². The predicted molar refractivity (Wildman–Crippen MR) is 63.0 cm³/mol. The Morgan fingerprint density at radius 1 is 1.47 bits per heavy atom. The SMILES string of the molecule is CCC(Nc1ccncn1)c1cccs1. The lowest BCUT2D eigenvalue weighted by molar-refractivity contribution is 0.758. The molecule has 78 valence electrons. The predicted octanol–water partition coefficient (Wildman–Crippen LogP) is 3.10. The number of rotatable bonds is 4. The lowest BCUT2D eigenvalue weighted by Crippen LogP contribution is -2.09. The third kappa shape index (κ3) is 2.53. The second kappa shape index (κ2) is 4.89. The molecule has 0 aliphatic heterocycles. The molecule has 0 aliphatic carbocycles. The zero-order valence-corrected chi connectivity index (χ0v) is 9.37. The highest BCUT2D eigenvalue weighted by Gasteiger charge is 2.09. The number of hydrogen-bond donors (Lipinski definition) is 1. The number of aromatic nitrogens is 2. The molecule has 2 heterocycles. The van der Waals surface area contributed by atoms with Gasteiger partial charge < -0.3 is 5.32 Å². The van der Waals surface area contributed by atoms with Gasteiger partial charge in [-0.1, -0.05) is 13.0 Å². The number of hydrogen-bond acceptors (Lipinski definition) is 4. The molecule has 2 rings (SSSR count). The van der Waals surface area contributed by atoms with Crippen LogP contribution in [0.15, 0.2) is 36.1 Å². The van der Waals surface area contributed by atoms with Gasteiger partial charge in [0.1, 0.15) is 12.1 Å². The second-order valence-corrected chi connectivity index (χ2v) is 4.19. The highest BCUT2D eigenvalue weighted by molar-refractivity contribution is 7.10. The minimum absolute atomic E-state index is 0.347. The van der Waals surface area contributed by atoms with Gasteiger partial charge in [0.05, 0.1) is 6.04 Å². The molecular weight excluding hydrogens is 206 g/mol. The van der Waals surface area contributed by atoms with E-state index < -0.39 is 0 Å². The standard InChI is InChI=1S/C11H13N3S/c1-2-9(10-4-3-7-15-10)14-11-5-6-12-8-13-11/h3-9H,2H2,1H3,(H,12,13,14). The molecule has 0 spiro atoms. The zero-order valence-electron chi connectivity index (χ0n) is 8.55. The monoisotopic (exact) mass is 219 g/mol. The van der Waals surface area contributed by atoms with Gasteiger partial charge in [-0.05, 0) is 23.9 Å². The van der Waals surface area contributed by atoms with Crippen molar-refractivity contribution in [2.24, 2.45) is 0 Å². The van der Waals surface area contributed by atoms with Gasteiger partial charge in [-0.3, -0.25) is 0 Å². The van der Waals surface area contributed by atoms with Crippen molar-refractivity contribution >= 4 is 17.2 Å². The fraction of sp³-hybridized carbons (Fsp3) is 0.273. The maximum absolute atomic E-state index is 4.16. The average Bonchev–Trinajstić information content (AvgIpc) is 2.81. The van der Waals surface area contributed by atoms with Gasteiger partial charge in [-0.15, -0.1) is 11.3 Å². The van der Waals surface area contributed by atoms with Gasteiger partial charge in [0.15, 0.2) is 0 Å². The summed E-state index contributed by atoms with van der Waals surface area (Å²) in [5.41, 5.74) is 0. The largest absolute Gasteiger partial charge is 0.362 e. The van der Waals surface area contributed by atoms with Crippen LogP contribution in [-0.2, 0) is 0 Å². The average molecular weight is 219 g/mol. The van der Waals surface area contributed by atoms with Gasteiger partial charge in [0.25, 0.3) is 0 Å². The molecule has 0 saturated heterocycles. The van der Waals surface area contributed by atoms with Crippen molar-refractivity contribution in [3.05, 3.63) is 41.0 Å². The summed E-state index contributed by atoms with van der Waals surface area (Å²) in [7, 11) is 0. The first-order valence-electron chi connectivity index (χ1n) is 4.96. The van der Waals surface area contributed by atoms with E-state index in [1.54, 1.807) is 23.9 Å². The van der Waals surface area contributed by atoms with Crippen molar-refractivity contribution in [1.29, 1.82) is 0 Å². The molecule has 15 heavy (non-hydrogen) atoms. The van der Waals surface area contributed by atoms with Gasteiger partial charge in [0.2, 0.25) is 0 Å². The Morgan fingerprint density at radius 2 is 2.40 bits per heavy atom. The second-order valence-electron chi connectivity index (χ2n) is 3.22. The van der Waals surface area contributed by atoms with Crippen LogP contribution >= 0.6 is 11.3 Å². The Bertz CT molecular complexity index is 385. The molecule has 0 bridgehead atoms. The Labute approximate surface area is 93.2 Å². The van der Waals surface area contributed by atoms with Crippen LogP contribution in [0.3, 0.4) is 0 Å². The van der Waals surface area contributed by atoms with E-state index in [1.807, 2.05) is 6.07 Å². The van der Waals surface area contributed by atoms with Crippen molar-refractivity contribution in [1.82, 2.24) is 9.97 Å². The quantitative estimate of drug-likeness (QED) is 0.858. The molecule has 0 fully saturated rings. The minimum Gasteiger partial charge on any atom is -0.362 e. The molecule has 0 saturated carbocycles. The van der Waals surface area contributed by atoms with Crippen LogP contribution in [0.5, 0.6) is 0 Å². The third-order valence-electron chi connectivity index (χ3n) is 2.20. The fourth-order valence-corrected chi connectivity index (χ4v) is 2.28. The van der Waals surface area contributed by atoms with E-state index >= 15 is 0 Å². The first kappa shape index (κ1) is 10.1. The van der Waals surface area contributed by atoms with Crippen LogP contribution in [0.4, 0.5) is 5.82 Å². The van der Waals surface area contributed by atoms with Crippen LogP contribution in [0.1, 0.15) is 24.3 Å². The van der Waals surface area contributed by atoms with E-state index in [0.29, 0.717) is 6.04 Å². The van der Waals surface area contributed by atoms with Crippen LogP contribution in [0.25, 0.3) is 0 Å². The van der Waals surface area contributed by atoms with Crippen LogP contribution in [0, 0.1) is 0 Å². The van der Waals surface area contributed by atoms with Crippen molar-refractivity contribution < 1.29 is 0 Å². The van der Waals surface area contributed by atoms with Crippen molar-refractivity contribution in [3.8, 4) is 0 Å². The molecule has 0 aliphatic rings. The number of thiophene rings is 1. The lowest BCUT2D eigenvalue weighted by atomic mass is 10.2. The summed E-state index contributed by atoms with van der Waals surface area (Å²) in [6.45, 7) is 2.17. The Balaban J connectivity index is 2.10. The topological polar surface area (TPSA) is 37.8 Å². The highest BCUT2D eigenvalue weighted by atomic mass is 32.1. The summed E-state index contributed by atoms with van der Waals surface area (Å²) >= 11 is 1.77.